The van der Waals surface area contributed by atoms with E-state index < -0.39 is 0 Å². The summed E-state index contributed by atoms with van der Waals surface area (Å²) in [4.78, 5) is 12.4. The number of nitrogens with one attached hydrogen (secondary N) is 2. The van der Waals surface area contributed by atoms with Gasteiger partial charge in [-0.25, -0.2) is 0 Å². The lowest BCUT2D eigenvalue weighted by atomic mass is 10.1. The minimum absolute atomic E-state index is 0.0796. The molecule has 1 amide bonds. The Morgan fingerprint density at radius 2 is 1.94 bits per heavy atom. The fourth-order valence-corrected chi connectivity index (χ4v) is 4.76. The zero-order valence-corrected chi connectivity index (χ0v) is 19.9. The molecule has 1 aliphatic heterocycles. The fourth-order valence-electron chi connectivity index (χ4n) is 3.86. The maximum Gasteiger partial charge on any atom is 0.231 e. The van der Waals surface area contributed by atoms with Crippen molar-refractivity contribution in [1.29, 1.82) is 0 Å². The number of rotatable bonds is 10. The Bertz CT molecular complexity index is 1370. The van der Waals surface area contributed by atoms with Gasteiger partial charge in [0.15, 0.2) is 22.5 Å². The summed E-state index contributed by atoms with van der Waals surface area (Å²) in [6, 6.07) is 19.8. The molecule has 5 rings (SSSR count). The summed E-state index contributed by atoms with van der Waals surface area (Å²) in [5, 5.41) is 18.2. The second-order valence-electron chi connectivity index (χ2n) is 7.89. The minimum atomic E-state index is -0.0796. The molecule has 35 heavy (non-hydrogen) atoms. The molecule has 2 heterocycles. The highest BCUT2D eigenvalue weighted by Crippen LogP contribution is 2.34. The Morgan fingerprint density at radius 3 is 2.86 bits per heavy atom. The van der Waals surface area contributed by atoms with Gasteiger partial charge in [0.1, 0.15) is 0 Å². The van der Waals surface area contributed by atoms with Gasteiger partial charge in [0.25, 0.3) is 0 Å². The highest BCUT2D eigenvalue weighted by Gasteiger charge is 2.15. The van der Waals surface area contributed by atoms with Gasteiger partial charge in [-0.1, -0.05) is 54.2 Å². The van der Waals surface area contributed by atoms with E-state index in [1.54, 1.807) is 18.2 Å². The number of fused-ring (bicyclic) bond motifs is 2. The van der Waals surface area contributed by atoms with Crippen molar-refractivity contribution in [3.63, 3.8) is 0 Å². The van der Waals surface area contributed by atoms with E-state index in [-0.39, 0.29) is 12.7 Å². The number of amides is 1. The van der Waals surface area contributed by atoms with Gasteiger partial charge in [-0.3, -0.25) is 4.79 Å². The van der Waals surface area contributed by atoms with Crippen molar-refractivity contribution in [1.82, 2.24) is 14.8 Å². The third-order valence-electron chi connectivity index (χ3n) is 5.55. The zero-order valence-electron chi connectivity index (χ0n) is 19.1. The summed E-state index contributed by atoms with van der Waals surface area (Å²) in [6.07, 6.45) is 2.16. The number of aromatic nitrogens is 3. The maximum absolute atomic E-state index is 12.4. The van der Waals surface area contributed by atoms with E-state index in [1.165, 1.54) is 17.1 Å². The first-order chi connectivity index (χ1) is 17.2. The van der Waals surface area contributed by atoms with E-state index in [4.69, 9.17) is 9.47 Å². The van der Waals surface area contributed by atoms with E-state index >= 15 is 0 Å². The van der Waals surface area contributed by atoms with E-state index in [9.17, 15) is 4.79 Å². The predicted octanol–water partition coefficient (Wildman–Crippen LogP) is 5.08. The molecule has 0 fully saturated rings. The number of hydrogen-bond donors (Lipinski definition) is 2. The number of carbonyl (C=O) groups excluding carboxylic acids is 1. The van der Waals surface area contributed by atoms with E-state index in [0.29, 0.717) is 42.4 Å². The molecular formula is C26H25N5O3S. The van der Waals surface area contributed by atoms with Gasteiger partial charge >= 0.3 is 0 Å². The van der Waals surface area contributed by atoms with Crippen LogP contribution in [-0.2, 0) is 17.9 Å². The molecule has 0 saturated heterocycles. The number of carbonyl (C=O) groups is 1. The molecule has 0 unspecified atom stereocenters. The molecule has 0 radical (unpaired) electrons. The molecule has 8 nitrogen and oxygen atoms in total. The lowest BCUT2D eigenvalue weighted by molar-refractivity contribution is -0.115. The quantitative estimate of drug-likeness (QED) is 0.238. The van der Waals surface area contributed by atoms with Crippen molar-refractivity contribution >= 4 is 39.8 Å². The Balaban J connectivity index is 1.18. The van der Waals surface area contributed by atoms with Gasteiger partial charge in [-0.15, -0.1) is 16.8 Å². The lowest BCUT2D eigenvalue weighted by Gasteiger charge is -2.11. The molecule has 0 aliphatic carbocycles. The van der Waals surface area contributed by atoms with Gasteiger partial charge in [-0.05, 0) is 23.6 Å². The lowest BCUT2D eigenvalue weighted by Crippen LogP contribution is -2.12. The zero-order chi connectivity index (χ0) is 24.0. The first-order valence-electron chi connectivity index (χ1n) is 11.3. The van der Waals surface area contributed by atoms with Gasteiger partial charge < -0.3 is 24.7 Å². The number of nitrogens with zero attached hydrogens (tertiary/aromatic N) is 3. The number of anilines is 2. The third kappa shape index (κ3) is 5.25. The highest BCUT2D eigenvalue weighted by molar-refractivity contribution is 7.99. The topological polar surface area (TPSA) is 90.3 Å². The van der Waals surface area contributed by atoms with Crippen LogP contribution in [0, 0.1) is 0 Å². The van der Waals surface area contributed by atoms with Crippen molar-refractivity contribution in [2.75, 3.05) is 23.2 Å². The first kappa shape index (κ1) is 22.8. The average molecular weight is 488 g/mol. The van der Waals surface area contributed by atoms with Gasteiger partial charge in [0.2, 0.25) is 12.7 Å². The summed E-state index contributed by atoms with van der Waals surface area (Å²) < 4.78 is 12.7. The molecule has 0 saturated carbocycles. The van der Waals surface area contributed by atoms with Crippen LogP contribution in [0.1, 0.15) is 12.2 Å². The number of allylic oxidation sites excluding steroid dienone is 1. The second kappa shape index (κ2) is 10.5. The number of benzene rings is 3. The summed E-state index contributed by atoms with van der Waals surface area (Å²) in [7, 11) is 0. The largest absolute Gasteiger partial charge is 0.454 e. The summed E-state index contributed by atoms with van der Waals surface area (Å²) in [5.74, 6) is 2.63. The van der Waals surface area contributed by atoms with Crippen LogP contribution in [0.2, 0.25) is 0 Å². The molecule has 9 heteroatoms. The molecular weight excluding hydrogens is 462 g/mol. The summed E-state index contributed by atoms with van der Waals surface area (Å²) in [5.41, 5.74) is 1.73. The summed E-state index contributed by atoms with van der Waals surface area (Å²) >= 11 is 1.50. The van der Waals surface area contributed by atoms with Gasteiger partial charge in [0.05, 0.1) is 6.54 Å². The SMILES string of the molecule is C=CCn1c(CNc2cccc3ccccc23)nnc1SCCC(=O)Nc1ccc2c(c1)OCO2. The summed E-state index contributed by atoms with van der Waals surface area (Å²) in [6.45, 7) is 5.19. The van der Waals surface area contributed by atoms with Crippen LogP contribution < -0.4 is 20.1 Å². The van der Waals surface area contributed by atoms with E-state index in [1.807, 2.05) is 28.8 Å². The molecule has 178 valence electrons. The maximum atomic E-state index is 12.4. The Labute approximate surface area is 207 Å². The monoisotopic (exact) mass is 487 g/mol. The smallest absolute Gasteiger partial charge is 0.231 e. The van der Waals surface area contributed by atoms with E-state index in [0.717, 1.165) is 22.1 Å². The normalized spacial score (nSPS) is 12.0. The standard InChI is InChI=1S/C26H25N5O3S/c1-2-13-31-24(16-27-21-9-5-7-18-6-3-4-8-20(18)21)29-30-26(31)35-14-12-25(32)28-19-10-11-22-23(15-19)34-17-33-22/h2-11,15,27H,1,12-14,16-17H2,(H,28,32). The van der Waals surface area contributed by atoms with Crippen LogP contribution in [0.4, 0.5) is 11.4 Å². The van der Waals surface area contributed by atoms with Crippen LogP contribution in [0.15, 0.2) is 78.5 Å². The molecule has 0 atom stereocenters. The molecule has 0 bridgehead atoms. The average Bonchev–Trinajstić information content (AvgIpc) is 3.49. The number of ether oxygens (including phenoxy) is 2. The predicted molar refractivity (Wildman–Crippen MR) is 138 cm³/mol. The van der Waals surface area contributed by atoms with Crippen LogP contribution in [0.25, 0.3) is 10.8 Å². The van der Waals surface area contributed by atoms with Crippen LogP contribution in [0.3, 0.4) is 0 Å². The third-order valence-corrected chi connectivity index (χ3v) is 6.52. The number of hydrogen-bond acceptors (Lipinski definition) is 7. The molecule has 2 N–H and O–H groups in total. The molecule has 4 aromatic rings. The Morgan fingerprint density at radius 1 is 1.09 bits per heavy atom. The van der Waals surface area contributed by atoms with Crippen LogP contribution in [0.5, 0.6) is 11.5 Å². The van der Waals surface area contributed by atoms with E-state index in [2.05, 4.69) is 51.7 Å². The van der Waals surface area contributed by atoms with Crippen molar-refractivity contribution in [2.45, 2.75) is 24.7 Å². The minimum Gasteiger partial charge on any atom is -0.454 e. The van der Waals surface area contributed by atoms with Crippen LogP contribution >= 0.6 is 11.8 Å². The van der Waals surface area contributed by atoms with Crippen molar-refractivity contribution in [2.24, 2.45) is 0 Å². The first-order valence-corrected chi connectivity index (χ1v) is 12.3. The molecule has 3 aromatic carbocycles. The van der Waals surface area contributed by atoms with Gasteiger partial charge in [0, 0.05) is 41.5 Å². The second-order valence-corrected chi connectivity index (χ2v) is 8.96. The van der Waals surface area contributed by atoms with Crippen molar-refractivity contribution in [3.05, 3.63) is 79.1 Å². The Kier molecular flexibility index (Phi) is 6.85. The molecule has 1 aliphatic rings. The Hall–Kier alpha value is -3.98. The highest BCUT2D eigenvalue weighted by atomic mass is 32.2. The van der Waals surface area contributed by atoms with Crippen molar-refractivity contribution in [3.8, 4) is 11.5 Å². The molecule has 1 aromatic heterocycles. The fraction of sp³-hybridized carbons (Fsp3) is 0.192. The number of thioether (sulfide) groups is 1. The van der Waals surface area contributed by atoms with Crippen molar-refractivity contribution < 1.29 is 14.3 Å². The van der Waals surface area contributed by atoms with Gasteiger partial charge in [-0.2, -0.15) is 0 Å². The van der Waals surface area contributed by atoms with Crippen LogP contribution in [-0.4, -0.2) is 33.2 Å². The molecule has 0 spiro atoms.